The molecule has 2 rings (SSSR count). The topological polar surface area (TPSA) is 77.5 Å². The quantitative estimate of drug-likeness (QED) is 0.838. The van der Waals surface area contributed by atoms with Crippen LogP contribution in [0.4, 0.5) is 0 Å². The molecule has 1 N–H and O–H groups in total. The van der Waals surface area contributed by atoms with Crippen LogP contribution in [0.25, 0.3) is 0 Å². The monoisotopic (exact) mass is 322 g/mol. The number of aromatic nitrogens is 1. The van der Waals surface area contributed by atoms with Gasteiger partial charge in [0, 0.05) is 18.9 Å². The number of benzene rings is 1. The Bertz CT molecular complexity index is 718. The van der Waals surface area contributed by atoms with Gasteiger partial charge in [-0.15, -0.1) is 0 Å². The summed E-state index contributed by atoms with van der Waals surface area (Å²) in [6, 6.07) is 8.59. The van der Waals surface area contributed by atoms with Crippen molar-refractivity contribution in [1.29, 1.82) is 0 Å². The molecule has 0 saturated carbocycles. The highest BCUT2D eigenvalue weighted by Gasteiger charge is 2.14. The summed E-state index contributed by atoms with van der Waals surface area (Å²) < 4.78 is 37.3. The van der Waals surface area contributed by atoms with E-state index in [1.54, 1.807) is 26.4 Å². The number of sulfonamides is 1. The van der Waals surface area contributed by atoms with Crippen LogP contribution in [0.5, 0.6) is 11.5 Å². The van der Waals surface area contributed by atoms with E-state index in [2.05, 4.69) is 9.71 Å². The highest BCUT2D eigenvalue weighted by molar-refractivity contribution is 7.89. The first-order valence-electron chi connectivity index (χ1n) is 6.68. The van der Waals surface area contributed by atoms with Crippen molar-refractivity contribution >= 4 is 10.0 Å². The fraction of sp³-hybridized carbons (Fsp3) is 0.267. The minimum absolute atomic E-state index is 0.146. The van der Waals surface area contributed by atoms with Crippen LogP contribution in [-0.4, -0.2) is 34.2 Å². The second kappa shape index (κ2) is 7.24. The first kappa shape index (κ1) is 16.3. The average molecular weight is 322 g/mol. The molecule has 0 fully saturated rings. The molecule has 0 unspecified atom stereocenters. The van der Waals surface area contributed by atoms with E-state index < -0.39 is 10.0 Å². The molecule has 0 spiro atoms. The number of hydrogen-bond donors (Lipinski definition) is 1. The number of pyridine rings is 1. The Balaban J connectivity index is 2.06. The van der Waals surface area contributed by atoms with Crippen molar-refractivity contribution in [2.75, 3.05) is 20.8 Å². The van der Waals surface area contributed by atoms with E-state index in [0.29, 0.717) is 17.9 Å². The first-order chi connectivity index (χ1) is 10.6. The van der Waals surface area contributed by atoms with Crippen molar-refractivity contribution in [3.05, 3.63) is 48.3 Å². The predicted molar refractivity (Wildman–Crippen MR) is 82.7 cm³/mol. The average Bonchev–Trinajstić information content (AvgIpc) is 2.55. The van der Waals surface area contributed by atoms with Crippen LogP contribution in [0.1, 0.15) is 5.56 Å². The van der Waals surface area contributed by atoms with Crippen LogP contribution in [0, 0.1) is 0 Å². The van der Waals surface area contributed by atoms with E-state index in [4.69, 9.17) is 9.47 Å². The lowest BCUT2D eigenvalue weighted by atomic mass is 10.1. The van der Waals surface area contributed by atoms with Crippen molar-refractivity contribution in [2.24, 2.45) is 0 Å². The molecule has 0 bridgehead atoms. The molecule has 118 valence electrons. The Labute approximate surface area is 130 Å². The van der Waals surface area contributed by atoms with E-state index in [1.807, 2.05) is 12.1 Å². The maximum atomic E-state index is 12.1. The Morgan fingerprint density at radius 3 is 2.59 bits per heavy atom. The number of hydrogen-bond acceptors (Lipinski definition) is 5. The molecule has 6 nitrogen and oxygen atoms in total. The maximum absolute atomic E-state index is 12.1. The fourth-order valence-electron chi connectivity index (χ4n) is 2.06. The molecule has 0 aliphatic heterocycles. The number of nitrogens with zero attached hydrogens (tertiary/aromatic N) is 1. The van der Waals surface area contributed by atoms with Gasteiger partial charge < -0.3 is 9.47 Å². The van der Waals surface area contributed by atoms with E-state index in [1.165, 1.54) is 18.5 Å². The van der Waals surface area contributed by atoms with Gasteiger partial charge in [0.05, 0.1) is 14.2 Å². The van der Waals surface area contributed by atoms with Gasteiger partial charge in [-0.2, -0.15) is 0 Å². The van der Waals surface area contributed by atoms with Crippen LogP contribution in [0.3, 0.4) is 0 Å². The summed E-state index contributed by atoms with van der Waals surface area (Å²) in [6.45, 7) is 0.251. The Hall–Kier alpha value is -2.12. The van der Waals surface area contributed by atoms with Gasteiger partial charge in [-0.05, 0) is 30.2 Å². The van der Waals surface area contributed by atoms with Crippen LogP contribution in [-0.2, 0) is 16.4 Å². The molecule has 2 aromatic rings. The predicted octanol–water partition coefficient (Wildman–Crippen LogP) is 1.62. The molecule has 0 saturated heterocycles. The second-order valence-electron chi connectivity index (χ2n) is 4.49. The van der Waals surface area contributed by atoms with E-state index in [0.717, 1.165) is 5.56 Å². The number of ether oxygens (including phenoxy) is 2. The highest BCUT2D eigenvalue weighted by Crippen LogP contribution is 2.30. The van der Waals surface area contributed by atoms with Gasteiger partial charge in [-0.3, -0.25) is 4.98 Å². The standard InChI is InChI=1S/C15H18N2O4S/c1-20-14-7-3-5-12(15(14)21-2)8-10-17-22(18,19)13-6-4-9-16-11-13/h3-7,9,11,17H,8,10H2,1-2H3. The minimum Gasteiger partial charge on any atom is -0.493 e. The Morgan fingerprint density at radius 1 is 1.14 bits per heavy atom. The van der Waals surface area contributed by atoms with Crippen molar-refractivity contribution in [1.82, 2.24) is 9.71 Å². The van der Waals surface area contributed by atoms with E-state index >= 15 is 0 Å². The molecule has 1 heterocycles. The number of methoxy groups -OCH3 is 2. The molecular weight excluding hydrogens is 304 g/mol. The summed E-state index contributed by atoms with van der Waals surface area (Å²) in [7, 11) is -0.431. The molecule has 22 heavy (non-hydrogen) atoms. The van der Waals surface area contributed by atoms with Crippen molar-refractivity contribution in [2.45, 2.75) is 11.3 Å². The summed E-state index contributed by atoms with van der Waals surface area (Å²) >= 11 is 0. The smallest absolute Gasteiger partial charge is 0.242 e. The number of para-hydroxylation sites is 1. The van der Waals surface area contributed by atoms with Crippen molar-refractivity contribution < 1.29 is 17.9 Å². The molecule has 0 radical (unpaired) electrons. The molecule has 1 aromatic carbocycles. The third-order valence-corrected chi connectivity index (χ3v) is 4.56. The molecule has 0 atom stereocenters. The van der Waals surface area contributed by atoms with Gasteiger partial charge in [-0.1, -0.05) is 12.1 Å². The molecule has 1 aromatic heterocycles. The third-order valence-electron chi connectivity index (χ3n) is 3.12. The SMILES string of the molecule is COc1cccc(CCNS(=O)(=O)c2cccnc2)c1OC. The van der Waals surface area contributed by atoms with Crippen LogP contribution in [0.15, 0.2) is 47.6 Å². The van der Waals surface area contributed by atoms with Crippen LogP contribution < -0.4 is 14.2 Å². The Morgan fingerprint density at radius 2 is 1.95 bits per heavy atom. The van der Waals surface area contributed by atoms with Crippen molar-refractivity contribution in [3.8, 4) is 11.5 Å². The first-order valence-corrected chi connectivity index (χ1v) is 8.16. The summed E-state index contributed by atoms with van der Waals surface area (Å²) in [5, 5.41) is 0. The zero-order valence-corrected chi connectivity index (χ0v) is 13.3. The second-order valence-corrected chi connectivity index (χ2v) is 6.26. The lowest BCUT2D eigenvalue weighted by molar-refractivity contribution is 0.351. The highest BCUT2D eigenvalue weighted by atomic mass is 32.2. The van der Waals surface area contributed by atoms with Crippen LogP contribution >= 0.6 is 0 Å². The summed E-state index contributed by atoms with van der Waals surface area (Å²) in [4.78, 5) is 3.96. The van der Waals surface area contributed by atoms with Gasteiger partial charge in [-0.25, -0.2) is 13.1 Å². The Kier molecular flexibility index (Phi) is 5.35. The molecule has 0 aliphatic carbocycles. The van der Waals surface area contributed by atoms with E-state index in [-0.39, 0.29) is 11.4 Å². The molecule has 0 amide bonds. The maximum Gasteiger partial charge on any atom is 0.242 e. The zero-order valence-electron chi connectivity index (χ0n) is 12.4. The zero-order chi connectivity index (χ0) is 16.0. The largest absolute Gasteiger partial charge is 0.493 e. The normalized spacial score (nSPS) is 11.2. The number of rotatable bonds is 7. The molecule has 7 heteroatoms. The minimum atomic E-state index is -3.55. The van der Waals surface area contributed by atoms with Gasteiger partial charge in [0.15, 0.2) is 11.5 Å². The van der Waals surface area contributed by atoms with Crippen molar-refractivity contribution in [3.63, 3.8) is 0 Å². The van der Waals surface area contributed by atoms with Crippen LogP contribution in [0.2, 0.25) is 0 Å². The van der Waals surface area contributed by atoms with Gasteiger partial charge in [0.2, 0.25) is 10.0 Å². The molecule has 0 aliphatic rings. The summed E-state index contributed by atoms with van der Waals surface area (Å²) in [6.07, 6.45) is 3.33. The van der Waals surface area contributed by atoms with Gasteiger partial charge in [0.25, 0.3) is 0 Å². The van der Waals surface area contributed by atoms with E-state index in [9.17, 15) is 8.42 Å². The fourth-order valence-corrected chi connectivity index (χ4v) is 3.05. The number of nitrogens with one attached hydrogen (secondary N) is 1. The lowest BCUT2D eigenvalue weighted by Gasteiger charge is -2.13. The molecular formula is C15H18N2O4S. The summed E-state index contributed by atoms with van der Waals surface area (Å²) in [5.41, 5.74) is 0.871. The third kappa shape index (κ3) is 3.75. The lowest BCUT2D eigenvalue weighted by Crippen LogP contribution is -2.26. The van der Waals surface area contributed by atoms with Gasteiger partial charge in [0.1, 0.15) is 4.90 Å². The summed E-state index contributed by atoms with van der Waals surface area (Å²) in [5.74, 6) is 1.24. The van der Waals surface area contributed by atoms with Gasteiger partial charge >= 0.3 is 0 Å².